The molecular formula is C15H10O3. The largest absolute Gasteiger partial charge is 0.507 e. The Bertz CT molecular complexity index is 739. The predicted molar refractivity (Wildman–Crippen MR) is 68.6 cm³/mol. The maximum Gasteiger partial charge on any atom is 0.234 e. The molecule has 0 aromatic heterocycles. The van der Waals surface area contributed by atoms with Crippen LogP contribution in [0, 0.1) is 6.92 Å². The third kappa shape index (κ3) is 1.31. The minimum absolute atomic E-state index is 0.136. The Morgan fingerprint density at radius 2 is 1.72 bits per heavy atom. The normalized spacial score (nSPS) is 14.6. The summed E-state index contributed by atoms with van der Waals surface area (Å²) in [4.78, 5) is 23.5. The van der Waals surface area contributed by atoms with E-state index in [1.807, 2.05) is 25.1 Å². The van der Waals surface area contributed by atoms with E-state index in [4.69, 9.17) is 0 Å². The Kier molecular flexibility index (Phi) is 2.10. The second-order valence-electron chi connectivity index (χ2n) is 4.38. The lowest BCUT2D eigenvalue weighted by molar-refractivity contribution is -0.111. The average Bonchev–Trinajstić information content (AvgIpc) is 2.36. The number of allylic oxidation sites excluding steroid dienone is 1. The van der Waals surface area contributed by atoms with Crippen LogP contribution < -0.4 is 0 Å². The highest BCUT2D eigenvalue weighted by Gasteiger charge is 2.28. The molecule has 3 rings (SSSR count). The van der Waals surface area contributed by atoms with Crippen molar-refractivity contribution < 1.29 is 14.7 Å². The van der Waals surface area contributed by atoms with Crippen molar-refractivity contribution in [1.82, 2.24) is 0 Å². The molecule has 18 heavy (non-hydrogen) atoms. The van der Waals surface area contributed by atoms with E-state index in [1.165, 1.54) is 0 Å². The zero-order valence-corrected chi connectivity index (χ0v) is 9.73. The van der Waals surface area contributed by atoms with E-state index in [9.17, 15) is 14.7 Å². The second kappa shape index (κ2) is 3.53. The summed E-state index contributed by atoms with van der Waals surface area (Å²) in [5, 5.41) is 11.5. The van der Waals surface area contributed by atoms with Crippen molar-refractivity contribution in [2.75, 3.05) is 0 Å². The van der Waals surface area contributed by atoms with E-state index < -0.39 is 11.6 Å². The summed E-state index contributed by atoms with van der Waals surface area (Å²) < 4.78 is 0. The van der Waals surface area contributed by atoms with Gasteiger partial charge in [-0.3, -0.25) is 9.59 Å². The van der Waals surface area contributed by atoms with Gasteiger partial charge in [-0.25, -0.2) is 0 Å². The number of aliphatic hydroxyl groups is 1. The van der Waals surface area contributed by atoms with Gasteiger partial charge in [0.25, 0.3) is 0 Å². The molecule has 0 unspecified atom stereocenters. The van der Waals surface area contributed by atoms with Gasteiger partial charge in [0, 0.05) is 17.2 Å². The molecule has 88 valence electrons. The first-order chi connectivity index (χ1) is 8.59. The van der Waals surface area contributed by atoms with E-state index >= 15 is 0 Å². The highest BCUT2D eigenvalue weighted by Crippen LogP contribution is 2.32. The van der Waals surface area contributed by atoms with Crippen molar-refractivity contribution >= 4 is 28.1 Å². The first kappa shape index (κ1) is 10.7. The van der Waals surface area contributed by atoms with Crippen LogP contribution in [0.3, 0.4) is 0 Å². The number of Topliss-reactive ketones (excluding diaryl/α,β-unsaturated/α-hetero) is 1. The lowest BCUT2D eigenvalue weighted by Gasteiger charge is -2.16. The molecule has 0 amide bonds. The zero-order valence-electron chi connectivity index (χ0n) is 9.73. The number of aliphatic hydroxyl groups excluding tert-OH is 1. The fourth-order valence-corrected chi connectivity index (χ4v) is 2.39. The molecule has 0 fully saturated rings. The topological polar surface area (TPSA) is 54.4 Å². The van der Waals surface area contributed by atoms with Crippen LogP contribution in [0.1, 0.15) is 21.5 Å². The Hall–Kier alpha value is -2.42. The van der Waals surface area contributed by atoms with Gasteiger partial charge < -0.3 is 5.11 Å². The first-order valence-corrected chi connectivity index (χ1v) is 5.61. The average molecular weight is 238 g/mol. The highest BCUT2D eigenvalue weighted by molar-refractivity contribution is 6.52. The number of hydrogen-bond acceptors (Lipinski definition) is 3. The molecule has 0 saturated heterocycles. The fourth-order valence-electron chi connectivity index (χ4n) is 2.39. The van der Waals surface area contributed by atoms with Crippen LogP contribution in [0.2, 0.25) is 0 Å². The summed E-state index contributed by atoms with van der Waals surface area (Å²) in [6.45, 7) is 1.91. The Morgan fingerprint density at radius 1 is 1.06 bits per heavy atom. The third-order valence-electron chi connectivity index (χ3n) is 3.25. The smallest absolute Gasteiger partial charge is 0.234 e. The number of carbonyl (C=O) groups is 2. The molecule has 3 heteroatoms. The lowest BCUT2D eigenvalue weighted by atomic mass is 9.87. The molecule has 0 saturated carbocycles. The summed E-state index contributed by atoms with van der Waals surface area (Å²) in [7, 11) is 0. The summed E-state index contributed by atoms with van der Waals surface area (Å²) in [5.74, 6) is -1.36. The predicted octanol–water partition coefficient (Wildman–Crippen LogP) is 2.81. The fraction of sp³-hybridized carbons (Fsp3) is 0.0667. The molecule has 1 aliphatic rings. The molecule has 3 nitrogen and oxygen atoms in total. The Labute approximate surface area is 103 Å². The van der Waals surface area contributed by atoms with Crippen molar-refractivity contribution in [3.05, 3.63) is 53.1 Å². The summed E-state index contributed by atoms with van der Waals surface area (Å²) >= 11 is 0. The molecule has 0 radical (unpaired) electrons. The number of hydrogen-bond donors (Lipinski definition) is 1. The standard InChI is InChI=1S/C15H10O3/c1-8-6-11-12(16)7-13(17)15(18)14(11)10-5-3-2-4-9(8)10/h2-7,16H,1H3. The van der Waals surface area contributed by atoms with Gasteiger partial charge in [-0.05, 0) is 29.3 Å². The summed E-state index contributed by atoms with van der Waals surface area (Å²) in [6.07, 6.45) is 0.985. The Morgan fingerprint density at radius 3 is 2.44 bits per heavy atom. The van der Waals surface area contributed by atoms with Gasteiger partial charge in [0.1, 0.15) is 5.76 Å². The monoisotopic (exact) mass is 238 g/mol. The maximum absolute atomic E-state index is 12.0. The minimum Gasteiger partial charge on any atom is -0.507 e. The quantitative estimate of drug-likeness (QED) is 0.718. The van der Waals surface area contributed by atoms with Gasteiger partial charge >= 0.3 is 0 Å². The van der Waals surface area contributed by atoms with Crippen molar-refractivity contribution in [1.29, 1.82) is 0 Å². The molecule has 0 atom stereocenters. The van der Waals surface area contributed by atoms with Crippen LogP contribution >= 0.6 is 0 Å². The molecule has 0 heterocycles. The summed E-state index contributed by atoms with van der Waals surface area (Å²) in [6, 6.07) is 9.14. The molecular weight excluding hydrogens is 228 g/mol. The van der Waals surface area contributed by atoms with Gasteiger partial charge in [0.05, 0.1) is 0 Å². The van der Waals surface area contributed by atoms with Gasteiger partial charge in [-0.15, -0.1) is 0 Å². The van der Waals surface area contributed by atoms with Crippen LogP contribution in [-0.2, 0) is 4.79 Å². The van der Waals surface area contributed by atoms with E-state index in [2.05, 4.69) is 0 Å². The number of ketones is 2. The SMILES string of the molecule is Cc1cc2c(c3ccccc13)C(=O)C(=O)C=C2O. The van der Waals surface area contributed by atoms with Crippen LogP contribution in [0.25, 0.3) is 16.5 Å². The van der Waals surface area contributed by atoms with Crippen LogP contribution in [-0.4, -0.2) is 16.7 Å². The number of benzene rings is 2. The molecule has 0 spiro atoms. The van der Waals surface area contributed by atoms with Crippen LogP contribution in [0.5, 0.6) is 0 Å². The van der Waals surface area contributed by atoms with Crippen molar-refractivity contribution in [3.8, 4) is 0 Å². The lowest BCUT2D eigenvalue weighted by Crippen LogP contribution is -2.19. The zero-order chi connectivity index (χ0) is 12.9. The van der Waals surface area contributed by atoms with Crippen molar-refractivity contribution in [2.24, 2.45) is 0 Å². The molecule has 2 aromatic carbocycles. The van der Waals surface area contributed by atoms with E-state index in [0.29, 0.717) is 16.5 Å². The highest BCUT2D eigenvalue weighted by atomic mass is 16.3. The summed E-state index contributed by atoms with van der Waals surface area (Å²) in [5.41, 5.74) is 1.71. The van der Waals surface area contributed by atoms with Gasteiger partial charge in [0.15, 0.2) is 0 Å². The van der Waals surface area contributed by atoms with Crippen molar-refractivity contribution in [2.45, 2.75) is 6.92 Å². The third-order valence-corrected chi connectivity index (χ3v) is 3.25. The van der Waals surface area contributed by atoms with E-state index in [1.54, 1.807) is 12.1 Å². The molecule has 0 bridgehead atoms. The number of aryl methyl sites for hydroxylation is 1. The van der Waals surface area contributed by atoms with Gasteiger partial charge in [0.2, 0.25) is 11.6 Å². The molecule has 2 aromatic rings. The molecule has 0 aliphatic heterocycles. The van der Waals surface area contributed by atoms with E-state index in [0.717, 1.165) is 17.0 Å². The van der Waals surface area contributed by atoms with Crippen LogP contribution in [0.4, 0.5) is 0 Å². The Balaban J connectivity index is 2.52. The number of fused-ring (bicyclic) bond motifs is 3. The molecule has 1 aliphatic carbocycles. The minimum atomic E-state index is -0.672. The second-order valence-corrected chi connectivity index (χ2v) is 4.38. The number of rotatable bonds is 0. The first-order valence-electron chi connectivity index (χ1n) is 5.61. The number of carbonyl (C=O) groups excluding carboxylic acids is 2. The van der Waals surface area contributed by atoms with Gasteiger partial charge in [-0.1, -0.05) is 24.3 Å². The van der Waals surface area contributed by atoms with Crippen molar-refractivity contribution in [3.63, 3.8) is 0 Å². The van der Waals surface area contributed by atoms with E-state index in [-0.39, 0.29) is 5.76 Å². The maximum atomic E-state index is 12.0. The van der Waals surface area contributed by atoms with Crippen LogP contribution in [0.15, 0.2) is 36.4 Å². The molecule has 1 N–H and O–H groups in total. The van der Waals surface area contributed by atoms with Gasteiger partial charge in [-0.2, -0.15) is 0 Å².